The van der Waals surface area contributed by atoms with Gasteiger partial charge in [0, 0.05) is 5.57 Å². The number of hydrogen-bond acceptors (Lipinski definition) is 1. The van der Waals surface area contributed by atoms with E-state index in [9.17, 15) is 4.79 Å². The summed E-state index contributed by atoms with van der Waals surface area (Å²) in [5, 5.41) is 8.90. The summed E-state index contributed by atoms with van der Waals surface area (Å²) in [6, 6.07) is 0. The molecular formula is C16H30O2. The molecule has 0 saturated heterocycles. The van der Waals surface area contributed by atoms with Crippen LogP contribution in [0.25, 0.3) is 0 Å². The summed E-state index contributed by atoms with van der Waals surface area (Å²) in [4.78, 5) is 10.8. The topological polar surface area (TPSA) is 37.3 Å². The number of carboxylic acid groups (broad SMARTS) is 1. The number of hydrogen-bond donors (Lipinski definition) is 1. The zero-order valence-electron chi connectivity index (χ0n) is 12.2. The Morgan fingerprint density at radius 1 is 1.00 bits per heavy atom. The van der Waals surface area contributed by atoms with E-state index >= 15 is 0 Å². The van der Waals surface area contributed by atoms with E-state index in [-0.39, 0.29) is 0 Å². The second-order valence-corrected chi connectivity index (χ2v) is 5.32. The Morgan fingerprint density at radius 3 is 2.11 bits per heavy atom. The van der Waals surface area contributed by atoms with Crippen LogP contribution in [-0.4, -0.2) is 11.1 Å². The lowest BCUT2D eigenvalue weighted by Gasteiger charge is -2.16. The van der Waals surface area contributed by atoms with Gasteiger partial charge >= 0.3 is 5.97 Å². The summed E-state index contributed by atoms with van der Waals surface area (Å²) in [6.07, 6.45) is 11.8. The van der Waals surface area contributed by atoms with Crippen LogP contribution in [0, 0.1) is 5.92 Å². The van der Waals surface area contributed by atoms with E-state index in [2.05, 4.69) is 20.4 Å². The molecule has 0 aromatic rings. The molecule has 2 nitrogen and oxygen atoms in total. The maximum absolute atomic E-state index is 10.8. The molecule has 0 spiro atoms. The van der Waals surface area contributed by atoms with Crippen molar-refractivity contribution in [3.8, 4) is 0 Å². The van der Waals surface area contributed by atoms with Crippen LogP contribution in [0.15, 0.2) is 12.2 Å². The van der Waals surface area contributed by atoms with Crippen molar-refractivity contribution in [1.29, 1.82) is 0 Å². The van der Waals surface area contributed by atoms with Crippen LogP contribution >= 0.6 is 0 Å². The molecule has 0 aromatic heterocycles. The molecule has 0 aliphatic heterocycles. The molecule has 0 aliphatic carbocycles. The molecule has 106 valence electrons. The van der Waals surface area contributed by atoms with Crippen molar-refractivity contribution in [1.82, 2.24) is 0 Å². The minimum absolute atomic E-state index is 0.379. The second-order valence-electron chi connectivity index (χ2n) is 5.32. The average molecular weight is 254 g/mol. The molecule has 0 aromatic carbocycles. The van der Waals surface area contributed by atoms with Crippen LogP contribution in [0.5, 0.6) is 0 Å². The van der Waals surface area contributed by atoms with Gasteiger partial charge in [-0.1, -0.05) is 78.2 Å². The summed E-state index contributed by atoms with van der Waals surface area (Å²) >= 11 is 0. The second kappa shape index (κ2) is 11.3. The third-order valence-corrected chi connectivity index (χ3v) is 3.52. The molecule has 2 heteroatoms. The van der Waals surface area contributed by atoms with Crippen molar-refractivity contribution in [2.24, 2.45) is 5.92 Å². The van der Waals surface area contributed by atoms with Gasteiger partial charge in [-0.3, -0.25) is 0 Å². The molecule has 0 saturated carbocycles. The Kier molecular flexibility index (Phi) is 10.8. The molecule has 0 rings (SSSR count). The number of unbranched alkanes of at least 4 members (excludes halogenated alkanes) is 5. The largest absolute Gasteiger partial charge is 0.478 e. The highest BCUT2D eigenvalue weighted by Crippen LogP contribution is 2.23. The first kappa shape index (κ1) is 17.2. The van der Waals surface area contributed by atoms with Gasteiger partial charge in [0.15, 0.2) is 0 Å². The van der Waals surface area contributed by atoms with Gasteiger partial charge in [0.05, 0.1) is 0 Å². The molecule has 0 bridgehead atoms. The number of aliphatic carboxylic acids is 1. The lowest BCUT2D eigenvalue weighted by Crippen LogP contribution is -2.07. The molecule has 1 atom stereocenters. The first-order valence-electron chi connectivity index (χ1n) is 7.52. The summed E-state index contributed by atoms with van der Waals surface area (Å²) in [7, 11) is 0. The lowest BCUT2D eigenvalue weighted by atomic mass is 9.89. The van der Waals surface area contributed by atoms with Crippen molar-refractivity contribution in [2.75, 3.05) is 0 Å². The van der Waals surface area contributed by atoms with Crippen molar-refractivity contribution in [3.05, 3.63) is 12.2 Å². The Balaban J connectivity index is 3.90. The van der Waals surface area contributed by atoms with Crippen molar-refractivity contribution >= 4 is 5.97 Å². The molecule has 0 aliphatic rings. The minimum atomic E-state index is -0.831. The predicted molar refractivity (Wildman–Crippen MR) is 77.8 cm³/mol. The molecule has 18 heavy (non-hydrogen) atoms. The highest BCUT2D eigenvalue weighted by Gasteiger charge is 2.13. The predicted octanol–water partition coefficient (Wildman–Crippen LogP) is 5.18. The number of rotatable bonds is 12. The summed E-state index contributed by atoms with van der Waals surface area (Å²) in [5.74, 6) is -0.308. The average Bonchev–Trinajstić information content (AvgIpc) is 2.34. The molecular weight excluding hydrogens is 224 g/mol. The fourth-order valence-electron chi connectivity index (χ4n) is 2.31. The molecule has 0 heterocycles. The van der Waals surface area contributed by atoms with Gasteiger partial charge in [-0.25, -0.2) is 4.79 Å². The van der Waals surface area contributed by atoms with Crippen LogP contribution in [0.3, 0.4) is 0 Å². The molecule has 0 fully saturated rings. The van der Waals surface area contributed by atoms with E-state index in [0.29, 0.717) is 17.9 Å². The van der Waals surface area contributed by atoms with Gasteiger partial charge in [-0.15, -0.1) is 0 Å². The Morgan fingerprint density at radius 2 is 1.56 bits per heavy atom. The van der Waals surface area contributed by atoms with Crippen LogP contribution < -0.4 is 0 Å². The van der Waals surface area contributed by atoms with Crippen molar-refractivity contribution in [2.45, 2.75) is 78.1 Å². The summed E-state index contributed by atoms with van der Waals surface area (Å²) in [5.41, 5.74) is 0.379. The highest BCUT2D eigenvalue weighted by molar-refractivity contribution is 5.85. The SMILES string of the molecule is C=C(CC(CCCC)CCCCCCC)C(=O)O. The summed E-state index contributed by atoms with van der Waals surface area (Å²) < 4.78 is 0. The maximum atomic E-state index is 10.8. The van der Waals surface area contributed by atoms with E-state index in [1.165, 1.54) is 44.9 Å². The van der Waals surface area contributed by atoms with Crippen molar-refractivity contribution in [3.63, 3.8) is 0 Å². The van der Waals surface area contributed by atoms with Gasteiger partial charge in [0.25, 0.3) is 0 Å². The van der Waals surface area contributed by atoms with E-state index < -0.39 is 5.97 Å². The van der Waals surface area contributed by atoms with E-state index in [1.807, 2.05) is 0 Å². The lowest BCUT2D eigenvalue weighted by molar-refractivity contribution is -0.132. The van der Waals surface area contributed by atoms with E-state index in [1.54, 1.807) is 0 Å². The quantitative estimate of drug-likeness (QED) is 0.384. The Bertz CT molecular complexity index is 233. The normalized spacial score (nSPS) is 12.3. The highest BCUT2D eigenvalue weighted by atomic mass is 16.4. The standard InChI is InChI=1S/C16H30O2/c1-4-6-8-9-10-12-15(11-7-5-2)13-14(3)16(17)18/h15H,3-13H2,1-2H3,(H,17,18). The minimum Gasteiger partial charge on any atom is -0.478 e. The molecule has 1 N–H and O–H groups in total. The monoisotopic (exact) mass is 254 g/mol. The molecule has 1 unspecified atom stereocenters. The summed E-state index contributed by atoms with van der Waals surface area (Å²) in [6.45, 7) is 8.07. The molecule has 0 amide bonds. The van der Waals surface area contributed by atoms with Gasteiger partial charge in [-0.05, 0) is 12.3 Å². The molecule has 0 radical (unpaired) electrons. The zero-order valence-corrected chi connectivity index (χ0v) is 12.2. The van der Waals surface area contributed by atoms with Crippen LogP contribution in [0.1, 0.15) is 78.1 Å². The third kappa shape index (κ3) is 9.26. The first-order chi connectivity index (χ1) is 8.61. The van der Waals surface area contributed by atoms with Gasteiger partial charge in [-0.2, -0.15) is 0 Å². The van der Waals surface area contributed by atoms with Crippen LogP contribution in [-0.2, 0) is 4.79 Å². The third-order valence-electron chi connectivity index (χ3n) is 3.52. The van der Waals surface area contributed by atoms with Crippen LogP contribution in [0.4, 0.5) is 0 Å². The van der Waals surface area contributed by atoms with Gasteiger partial charge in [0.1, 0.15) is 0 Å². The Hall–Kier alpha value is -0.790. The number of carbonyl (C=O) groups is 1. The van der Waals surface area contributed by atoms with Gasteiger partial charge in [0.2, 0.25) is 0 Å². The van der Waals surface area contributed by atoms with E-state index in [4.69, 9.17) is 5.11 Å². The van der Waals surface area contributed by atoms with Crippen molar-refractivity contribution < 1.29 is 9.90 Å². The van der Waals surface area contributed by atoms with Gasteiger partial charge < -0.3 is 5.11 Å². The maximum Gasteiger partial charge on any atom is 0.330 e. The first-order valence-corrected chi connectivity index (χ1v) is 7.52. The fourth-order valence-corrected chi connectivity index (χ4v) is 2.31. The van der Waals surface area contributed by atoms with E-state index in [0.717, 1.165) is 12.8 Å². The smallest absolute Gasteiger partial charge is 0.330 e. The van der Waals surface area contributed by atoms with Crippen LogP contribution in [0.2, 0.25) is 0 Å². The fraction of sp³-hybridized carbons (Fsp3) is 0.812. The zero-order chi connectivity index (χ0) is 13.8. The number of carboxylic acids is 1. The Labute approximate surface area is 112 Å².